The number of alkyl carbamates (subject to hydrolysis) is 1. The highest BCUT2D eigenvalue weighted by Gasteiger charge is 2.30. The van der Waals surface area contributed by atoms with Crippen LogP contribution in [0, 0.1) is 5.92 Å². The van der Waals surface area contributed by atoms with Crippen molar-refractivity contribution in [3.8, 4) is 0 Å². The first-order valence-electron chi connectivity index (χ1n) is 8.80. The van der Waals surface area contributed by atoms with E-state index in [9.17, 15) is 4.79 Å². The van der Waals surface area contributed by atoms with Crippen molar-refractivity contribution in [1.82, 2.24) is 5.32 Å². The monoisotopic (exact) mass is 369 g/mol. The molecule has 0 aromatic rings. The van der Waals surface area contributed by atoms with Gasteiger partial charge in [-0.15, -0.1) is 6.58 Å². The summed E-state index contributed by atoms with van der Waals surface area (Å²) in [6.07, 6.45) is 9.12. The van der Waals surface area contributed by atoms with Crippen LogP contribution in [0.25, 0.3) is 0 Å². The van der Waals surface area contributed by atoms with Crippen LogP contribution in [0.1, 0.15) is 39.0 Å². The Balaban J connectivity index is 1.94. The number of carbonyl (C=O) groups excluding carboxylic acids is 1. The van der Waals surface area contributed by atoms with E-state index in [-0.39, 0.29) is 12.8 Å². The minimum absolute atomic E-state index is 0.112. The lowest BCUT2D eigenvalue weighted by atomic mass is 9.96. The molecule has 0 radical (unpaired) electrons. The summed E-state index contributed by atoms with van der Waals surface area (Å²) >= 11 is 6.31. The average molecular weight is 370 g/mol. The van der Waals surface area contributed by atoms with Crippen LogP contribution in [0.4, 0.5) is 4.79 Å². The number of amides is 1. The number of nitrogens with one attached hydrogen (secondary N) is 1. The fourth-order valence-electron chi connectivity index (χ4n) is 3.38. The number of methoxy groups -OCH3 is 1. The number of ether oxygens (including phenoxy) is 3. The number of allylic oxidation sites excluding steroid dienone is 4. The third-order valence-electron chi connectivity index (χ3n) is 4.71. The number of carbonyl (C=O) groups is 1. The molecule has 25 heavy (non-hydrogen) atoms. The Morgan fingerprint density at radius 1 is 1.52 bits per heavy atom. The number of hydrogen-bond donors (Lipinski definition) is 1. The molecular formula is C19H28ClNO4. The molecular weight excluding hydrogens is 342 g/mol. The SMILES string of the molecule is C=CC1CCC(NC(=O)O[C@H](C)[C@H](OCOC)C2=C(Cl)C=CCC2)C1. The van der Waals surface area contributed by atoms with Crippen LogP contribution in [-0.2, 0) is 14.2 Å². The van der Waals surface area contributed by atoms with E-state index >= 15 is 0 Å². The molecule has 140 valence electrons. The van der Waals surface area contributed by atoms with Gasteiger partial charge in [0.05, 0.1) is 0 Å². The van der Waals surface area contributed by atoms with Gasteiger partial charge in [0.2, 0.25) is 0 Å². The molecule has 0 aromatic heterocycles. The lowest BCUT2D eigenvalue weighted by Gasteiger charge is -2.28. The highest BCUT2D eigenvalue weighted by Crippen LogP contribution is 2.29. The molecule has 5 nitrogen and oxygen atoms in total. The van der Waals surface area contributed by atoms with E-state index in [4.69, 9.17) is 25.8 Å². The molecule has 1 N–H and O–H groups in total. The fourth-order valence-corrected chi connectivity index (χ4v) is 3.68. The van der Waals surface area contributed by atoms with Crippen LogP contribution < -0.4 is 5.32 Å². The molecule has 1 amide bonds. The van der Waals surface area contributed by atoms with E-state index in [2.05, 4.69) is 11.9 Å². The molecule has 2 unspecified atom stereocenters. The van der Waals surface area contributed by atoms with Crippen LogP contribution in [0.5, 0.6) is 0 Å². The van der Waals surface area contributed by atoms with Crippen molar-refractivity contribution in [2.45, 2.75) is 57.3 Å². The maximum Gasteiger partial charge on any atom is 0.407 e. The quantitative estimate of drug-likeness (QED) is 0.512. The van der Waals surface area contributed by atoms with Gasteiger partial charge in [-0.25, -0.2) is 4.79 Å². The lowest BCUT2D eigenvalue weighted by molar-refractivity contribution is -0.0961. The van der Waals surface area contributed by atoms with Gasteiger partial charge < -0.3 is 19.5 Å². The normalized spacial score (nSPS) is 25.6. The van der Waals surface area contributed by atoms with Gasteiger partial charge in [-0.1, -0.05) is 23.8 Å². The van der Waals surface area contributed by atoms with Crippen molar-refractivity contribution in [3.63, 3.8) is 0 Å². The predicted molar refractivity (Wildman–Crippen MR) is 98.4 cm³/mol. The summed E-state index contributed by atoms with van der Waals surface area (Å²) in [5, 5.41) is 3.59. The van der Waals surface area contributed by atoms with Crippen molar-refractivity contribution in [1.29, 1.82) is 0 Å². The molecule has 0 heterocycles. The maximum absolute atomic E-state index is 12.2. The fraction of sp³-hybridized carbons (Fsp3) is 0.632. The molecule has 0 spiro atoms. The summed E-state index contributed by atoms with van der Waals surface area (Å²) in [5.41, 5.74) is 0.939. The van der Waals surface area contributed by atoms with Crippen molar-refractivity contribution in [2.24, 2.45) is 5.92 Å². The molecule has 1 fully saturated rings. The predicted octanol–water partition coefficient (Wildman–Crippen LogP) is 4.29. The molecule has 0 aromatic carbocycles. The van der Waals surface area contributed by atoms with Gasteiger partial charge in [0.25, 0.3) is 0 Å². The van der Waals surface area contributed by atoms with Crippen LogP contribution >= 0.6 is 11.6 Å². The molecule has 0 saturated heterocycles. The number of halogens is 1. The summed E-state index contributed by atoms with van der Waals surface area (Å²) < 4.78 is 16.3. The highest BCUT2D eigenvalue weighted by atomic mass is 35.5. The van der Waals surface area contributed by atoms with E-state index in [0.717, 1.165) is 37.7 Å². The minimum Gasteiger partial charge on any atom is -0.443 e. The summed E-state index contributed by atoms with van der Waals surface area (Å²) in [6, 6.07) is 0.140. The summed E-state index contributed by atoms with van der Waals surface area (Å²) in [5.74, 6) is 0.471. The second kappa shape index (κ2) is 10.00. The Hall–Kier alpha value is -1.30. The standard InChI is InChI=1S/C19H28ClNO4/c1-4-14-9-10-15(11-14)21-19(22)25-13(2)18(24-12-23-3)16-7-5-6-8-17(16)20/h4,6,8,13-15,18H,1,5,7,9-12H2,2-3H3,(H,21,22)/t13-,14?,15?,18+/m1/s1. The smallest absolute Gasteiger partial charge is 0.407 e. The van der Waals surface area contributed by atoms with Gasteiger partial charge in [0.1, 0.15) is 19.0 Å². The Bertz CT molecular complexity index is 532. The summed E-state index contributed by atoms with van der Waals surface area (Å²) in [6.45, 7) is 5.75. The van der Waals surface area contributed by atoms with Gasteiger partial charge in [0.15, 0.2) is 0 Å². The lowest BCUT2D eigenvalue weighted by Crippen LogP contribution is -2.40. The molecule has 0 bridgehead atoms. The molecule has 2 aliphatic carbocycles. The molecule has 0 aliphatic heterocycles. The highest BCUT2D eigenvalue weighted by molar-refractivity contribution is 6.31. The zero-order valence-electron chi connectivity index (χ0n) is 15.0. The van der Waals surface area contributed by atoms with Gasteiger partial charge in [0, 0.05) is 18.2 Å². The van der Waals surface area contributed by atoms with Crippen molar-refractivity contribution < 1.29 is 19.0 Å². The largest absolute Gasteiger partial charge is 0.443 e. The minimum atomic E-state index is -0.470. The van der Waals surface area contributed by atoms with Gasteiger partial charge >= 0.3 is 6.09 Å². The van der Waals surface area contributed by atoms with Crippen LogP contribution in [0.15, 0.2) is 35.4 Å². The zero-order chi connectivity index (χ0) is 18.2. The Morgan fingerprint density at radius 2 is 2.32 bits per heavy atom. The topological polar surface area (TPSA) is 56.8 Å². The Labute approximate surface area is 155 Å². The molecule has 1 saturated carbocycles. The summed E-state index contributed by atoms with van der Waals surface area (Å²) in [4.78, 5) is 12.2. The van der Waals surface area contributed by atoms with Crippen molar-refractivity contribution in [2.75, 3.05) is 13.9 Å². The van der Waals surface area contributed by atoms with Crippen LogP contribution in [0.2, 0.25) is 0 Å². The second-order valence-electron chi connectivity index (χ2n) is 6.57. The molecule has 6 heteroatoms. The third-order valence-corrected chi connectivity index (χ3v) is 5.08. The van der Waals surface area contributed by atoms with E-state index in [1.165, 1.54) is 0 Å². The summed E-state index contributed by atoms with van der Waals surface area (Å²) in [7, 11) is 1.56. The van der Waals surface area contributed by atoms with Crippen molar-refractivity contribution >= 4 is 17.7 Å². The van der Waals surface area contributed by atoms with Gasteiger partial charge in [-0.3, -0.25) is 0 Å². The third kappa shape index (κ3) is 5.87. The molecule has 4 atom stereocenters. The van der Waals surface area contributed by atoms with E-state index in [1.54, 1.807) is 7.11 Å². The number of hydrogen-bond acceptors (Lipinski definition) is 4. The van der Waals surface area contributed by atoms with Crippen LogP contribution in [-0.4, -0.2) is 38.2 Å². The molecule has 2 aliphatic rings. The van der Waals surface area contributed by atoms with E-state index in [0.29, 0.717) is 11.0 Å². The second-order valence-corrected chi connectivity index (χ2v) is 6.98. The van der Waals surface area contributed by atoms with E-state index < -0.39 is 18.3 Å². The number of rotatable bonds is 8. The average Bonchev–Trinajstić information content (AvgIpc) is 3.04. The van der Waals surface area contributed by atoms with Crippen molar-refractivity contribution in [3.05, 3.63) is 35.4 Å². The Kier molecular flexibility index (Phi) is 8.00. The van der Waals surface area contributed by atoms with Gasteiger partial charge in [-0.05, 0) is 56.6 Å². The van der Waals surface area contributed by atoms with E-state index in [1.807, 2.05) is 25.2 Å². The first-order chi connectivity index (χ1) is 12.0. The zero-order valence-corrected chi connectivity index (χ0v) is 15.8. The molecule has 2 rings (SSSR count). The Morgan fingerprint density at radius 3 is 2.96 bits per heavy atom. The first-order valence-corrected chi connectivity index (χ1v) is 9.18. The first kappa shape index (κ1) is 20.0. The van der Waals surface area contributed by atoms with Gasteiger partial charge in [-0.2, -0.15) is 0 Å². The maximum atomic E-state index is 12.2. The van der Waals surface area contributed by atoms with Crippen LogP contribution in [0.3, 0.4) is 0 Å².